The Labute approximate surface area is 837 Å². The molecule has 2 aromatic carbocycles. The number of rotatable bonds is 59. The van der Waals surface area contributed by atoms with Crippen molar-refractivity contribution in [3.05, 3.63) is 89.5 Å². The molecule has 2 aromatic heterocycles. The molecule has 47 nitrogen and oxygen atoms in total. The van der Waals surface area contributed by atoms with Gasteiger partial charge in [0.05, 0.1) is 45.2 Å². The SMILES string of the molecule is CC(=O)[C@@H]1CCCCCC(=O)CC[C@H](NC(=O)[C@@H](CC(C)C)NC(=O)[C@H](CO)NC(=O)[C@H](CC2=CCC=N2)NC(=O)[C@H](CO)NC(=O)[C@H](CCCNC(=N)N)NC(=O)[C@H](CCC(N)=O)NC(=O)COCCOCCNC(=O)CCCCCCCCCCCCCCCc2nnn[nH]2)C(=O)N2C[C@H](O)C[C@H]2C(=O)N[C@H](Cc2ccccc2)C(=O)N[C@@H](CCCNC(=N)N)C(=O)N[C@@H](Cc2c[nH]c3ccccc23)C(=O)N1. The number of aliphatic imine (C=N–C) groups is 1. The maximum atomic E-state index is 15.4. The van der Waals surface area contributed by atoms with Gasteiger partial charge in [0.2, 0.25) is 82.7 Å². The summed E-state index contributed by atoms with van der Waals surface area (Å²) in [6, 6.07) is -3.16. The molecule has 3 aliphatic heterocycles. The predicted octanol–water partition coefficient (Wildman–Crippen LogP) is -0.912. The first-order valence-electron chi connectivity index (χ1n) is 50.1. The van der Waals surface area contributed by atoms with Crippen molar-refractivity contribution in [1.29, 1.82) is 10.8 Å². The number of tetrazole rings is 1. The van der Waals surface area contributed by atoms with E-state index in [9.17, 15) is 72.9 Å². The topological polar surface area (TPSA) is 732 Å². The van der Waals surface area contributed by atoms with Gasteiger partial charge in [-0.25, -0.2) is 5.10 Å². The van der Waals surface area contributed by atoms with Crippen LogP contribution in [0.4, 0.5) is 0 Å². The molecule has 7 rings (SSSR count). The molecule has 13 atom stereocenters. The van der Waals surface area contributed by atoms with Crippen LogP contribution in [0.2, 0.25) is 0 Å². The molecule has 3 aliphatic rings. The average molecular weight is 2020 g/mol. The molecule has 0 spiro atoms. The van der Waals surface area contributed by atoms with E-state index in [-0.39, 0.29) is 140 Å². The number of hydrogen-bond acceptors (Lipinski definition) is 27. The lowest BCUT2D eigenvalue weighted by molar-refractivity contribution is -0.143. The van der Waals surface area contributed by atoms with Crippen LogP contribution in [-0.4, -0.2) is 303 Å². The molecular weight excluding hydrogens is 1870 g/mol. The highest BCUT2D eigenvalue weighted by molar-refractivity contribution is 6.01. The van der Waals surface area contributed by atoms with Gasteiger partial charge in [-0.2, -0.15) is 0 Å². The Balaban J connectivity index is 0.985. The Bertz CT molecular complexity index is 4890. The number of unbranched alkanes of at least 4 members (excludes halogenated alkanes) is 12. The Morgan fingerprint density at radius 2 is 1.14 bits per heavy atom. The molecule has 2 fully saturated rings. The summed E-state index contributed by atoms with van der Waals surface area (Å²) in [5.74, 6) is -14.0. The number of benzene rings is 2. The fourth-order valence-electron chi connectivity index (χ4n) is 16.9. The molecule has 47 heteroatoms. The smallest absolute Gasteiger partial charge is 0.246 e. The number of nitrogens with two attached hydrogens (primary N) is 3. The number of fused-ring (bicyclic) bond motifs is 2. The van der Waals surface area contributed by atoms with Gasteiger partial charge in [-0.3, -0.25) is 92.5 Å². The van der Waals surface area contributed by atoms with Gasteiger partial charge in [0.1, 0.15) is 84.7 Å². The van der Waals surface area contributed by atoms with Crippen LogP contribution in [0.3, 0.4) is 0 Å². The number of H-pyrrole nitrogens is 2. The van der Waals surface area contributed by atoms with Crippen molar-refractivity contribution >= 4 is 123 Å². The van der Waals surface area contributed by atoms with Crippen molar-refractivity contribution in [1.82, 2.24) is 105 Å². The molecule has 2 saturated heterocycles. The number of amides is 14. The van der Waals surface area contributed by atoms with Gasteiger partial charge in [0, 0.05) is 119 Å². The molecule has 794 valence electrons. The van der Waals surface area contributed by atoms with Crippen LogP contribution in [0.5, 0.6) is 0 Å². The van der Waals surface area contributed by atoms with Crippen molar-refractivity contribution in [2.75, 3.05) is 65.8 Å². The number of aryl methyl sites for hydroxylation is 1. The molecule has 27 N–H and O–H groups in total. The standard InChI is InChI=1S/C97H150N26O21/c1-60(2)50-74(88(135)112-73-40-39-65(127)31-19-16-20-33-68(61(3)126)109-90(137)76(52-63-55-107-69-34-24-23-32-67(63)69)114-85(132)70(35-26-44-105-96(99)100)111-89(136)75(51-62-28-17-15-18-29-62)116-94(141)80-54-66(128)56-123(80)95(73)142)113-92(139)79(58-125)118-91(138)77(53-64-30-25-43-103-64)115-93(140)78(57-124)117-86(133)71(36-27-45-106-97(101)102)110-87(134)72(41-42-81(98)129)108-84(131)59-144-49-48-143-47-46-104-83(130)38-22-14-12-10-8-6-4-5-7-9-11-13-21-37-82-119-121-122-120-82/h15,17-18,23-24,28-30,32,34,43,55,60,66,68,70-80,107,124-125,128H,4-14,16,19-22,25-27,31,33,35-42,44-54,56-59H2,1-3H3,(H2,98,129)(H,104,130)(H,108,131)(H,109,137)(H,110,134)(H,111,136)(H,112,135)(H,113,139)(H,114,132)(H,115,140)(H,116,141)(H,117,133)(H,118,138)(H4,99,100,105)(H4,101,102,106)(H,119,120,121,122)/t66-,68+,70+,71+,72+,73+,74-,75-,76+,77+,78+,79+,80+/m1/s1. The van der Waals surface area contributed by atoms with E-state index in [0.717, 1.165) is 60.2 Å². The average Bonchev–Trinajstić information content (AvgIpc) is 1.66. The van der Waals surface area contributed by atoms with Crippen molar-refractivity contribution < 1.29 is 102 Å². The second kappa shape index (κ2) is 65.1. The van der Waals surface area contributed by atoms with Crippen molar-refractivity contribution in [2.24, 2.45) is 28.1 Å². The molecule has 4 aromatic rings. The fourth-order valence-corrected chi connectivity index (χ4v) is 16.9. The zero-order chi connectivity index (χ0) is 105. The third-order valence-electron chi connectivity index (χ3n) is 24.8. The molecule has 0 radical (unpaired) electrons. The van der Waals surface area contributed by atoms with Gasteiger partial charge in [-0.1, -0.05) is 152 Å². The third-order valence-corrected chi connectivity index (χ3v) is 24.8. The van der Waals surface area contributed by atoms with Gasteiger partial charge in [0.25, 0.3) is 0 Å². The number of carbonyl (C=O) groups is 16. The van der Waals surface area contributed by atoms with Gasteiger partial charge in [-0.05, 0) is 111 Å². The van der Waals surface area contributed by atoms with E-state index in [1.807, 2.05) is 18.2 Å². The highest BCUT2D eigenvalue weighted by Crippen LogP contribution is 2.26. The molecule has 5 heterocycles. The molecule has 144 heavy (non-hydrogen) atoms. The van der Waals surface area contributed by atoms with Crippen LogP contribution in [0.1, 0.15) is 237 Å². The lowest BCUT2D eigenvalue weighted by Gasteiger charge is -2.31. The van der Waals surface area contributed by atoms with Gasteiger partial charge < -0.3 is 126 Å². The number of aromatic amines is 2. The summed E-state index contributed by atoms with van der Waals surface area (Å²) in [6.45, 7) is 1.70. The number of aliphatic hydroxyl groups is 3. The fraction of sp³-hybridized carbons (Fsp3) is 0.629. The van der Waals surface area contributed by atoms with Crippen molar-refractivity contribution in [3.63, 3.8) is 0 Å². The Hall–Kier alpha value is -13.3. The van der Waals surface area contributed by atoms with Gasteiger partial charge in [0.15, 0.2) is 17.7 Å². The maximum Gasteiger partial charge on any atom is 0.246 e. The highest BCUT2D eigenvalue weighted by atomic mass is 16.5. The second-order valence-electron chi connectivity index (χ2n) is 37.0. The number of carbonyl (C=O) groups excluding carboxylic acids is 16. The predicted molar refractivity (Wildman–Crippen MR) is 531 cm³/mol. The van der Waals surface area contributed by atoms with E-state index in [0.29, 0.717) is 36.8 Å². The Morgan fingerprint density at radius 1 is 0.562 bits per heavy atom. The summed E-state index contributed by atoms with van der Waals surface area (Å²) in [5, 5.41) is 99.8. The van der Waals surface area contributed by atoms with Crippen LogP contribution in [0.15, 0.2) is 77.6 Å². The largest absolute Gasteiger partial charge is 0.394 e. The van der Waals surface area contributed by atoms with Crippen LogP contribution >= 0.6 is 0 Å². The lowest BCUT2D eigenvalue weighted by Crippen LogP contribution is -2.61. The maximum absolute atomic E-state index is 15.4. The van der Waals surface area contributed by atoms with E-state index in [1.165, 1.54) is 64.5 Å². The zero-order valence-electron chi connectivity index (χ0n) is 82.8. The third kappa shape index (κ3) is 44.3. The van der Waals surface area contributed by atoms with Gasteiger partial charge in [-0.15, -0.1) is 5.10 Å². The van der Waals surface area contributed by atoms with Crippen molar-refractivity contribution in [3.8, 4) is 0 Å². The van der Waals surface area contributed by atoms with E-state index >= 15 is 19.2 Å². The summed E-state index contributed by atoms with van der Waals surface area (Å²) in [4.78, 5) is 236. The number of ketones is 2. The highest BCUT2D eigenvalue weighted by Gasteiger charge is 2.45. The Kier molecular flexibility index (Phi) is 53.2. The minimum atomic E-state index is -1.92. The minimum absolute atomic E-state index is 0.0166. The van der Waals surface area contributed by atoms with Crippen LogP contribution in [-0.2, 0) is 105 Å². The van der Waals surface area contributed by atoms with E-state index in [4.69, 9.17) is 37.5 Å². The van der Waals surface area contributed by atoms with E-state index in [1.54, 1.807) is 62.5 Å². The quantitative estimate of drug-likeness (QED) is 0.0144. The van der Waals surface area contributed by atoms with E-state index in [2.05, 4.69) is 105 Å². The number of para-hydroxylation sites is 1. The zero-order valence-corrected chi connectivity index (χ0v) is 82.8. The lowest BCUT2D eigenvalue weighted by atomic mass is 9.99. The van der Waals surface area contributed by atoms with Gasteiger partial charge >= 0.3 is 0 Å². The van der Waals surface area contributed by atoms with Crippen LogP contribution in [0, 0.1) is 16.7 Å². The van der Waals surface area contributed by atoms with Crippen molar-refractivity contribution in [2.45, 2.75) is 318 Å². The summed E-state index contributed by atoms with van der Waals surface area (Å²) >= 11 is 0. The molecular formula is C97H150N26O21. The van der Waals surface area contributed by atoms with Crippen LogP contribution in [0.25, 0.3) is 10.9 Å². The molecule has 0 aliphatic carbocycles. The number of allylic oxidation sites excluding steroid dienone is 1. The summed E-state index contributed by atoms with van der Waals surface area (Å²) < 4.78 is 11.0. The Morgan fingerprint density at radius 3 is 1.77 bits per heavy atom. The number of hydrogen-bond donors (Lipinski definition) is 24. The first kappa shape index (κ1) is 118. The number of guanidine groups is 2. The number of Topliss-reactive ketones (excluding diaryl/α,β-unsaturated/α-hetero) is 2. The molecule has 14 amide bonds. The van der Waals surface area contributed by atoms with Crippen LogP contribution < -0.4 is 91.6 Å². The first-order chi connectivity index (χ1) is 69.2. The summed E-state index contributed by atoms with van der Waals surface area (Å²) in [5.41, 5.74) is 18.7. The molecule has 0 bridgehead atoms. The number of ether oxygens (including phenoxy) is 2. The summed E-state index contributed by atoms with van der Waals surface area (Å²) in [6.07, 6.45) is 17.6. The number of nitrogens with zero attached hydrogens (tertiary/aromatic N) is 5. The summed E-state index contributed by atoms with van der Waals surface area (Å²) in [7, 11) is 0. The number of primary amides is 1. The number of nitrogens with one attached hydrogen (secondary N) is 18. The number of aromatic nitrogens is 5. The molecule has 0 saturated carbocycles. The minimum Gasteiger partial charge on any atom is -0.394 e. The first-order valence-corrected chi connectivity index (χ1v) is 50.1. The van der Waals surface area contributed by atoms with E-state index < -0.39 is 225 Å². The number of aliphatic hydroxyl groups excluding tert-OH is 3. The monoisotopic (exact) mass is 2020 g/mol. The molecule has 0 unspecified atom stereocenters. The second-order valence-corrected chi connectivity index (χ2v) is 37.0. The normalized spacial score (nSPS) is 19.1.